The van der Waals surface area contributed by atoms with Gasteiger partial charge in [0.1, 0.15) is 4.90 Å². The number of aryl methyl sites for hydroxylation is 1. The Kier molecular flexibility index (Phi) is 4.91. The third-order valence-electron chi connectivity index (χ3n) is 4.36. The molecule has 0 aliphatic carbocycles. The van der Waals surface area contributed by atoms with E-state index in [1.54, 1.807) is 13.0 Å². The minimum absolute atomic E-state index is 0.229. The van der Waals surface area contributed by atoms with E-state index >= 15 is 0 Å². The molecule has 1 aliphatic heterocycles. The highest BCUT2D eigenvalue weighted by molar-refractivity contribution is 7.89. The molecule has 0 bridgehead atoms. The van der Waals surface area contributed by atoms with Crippen molar-refractivity contribution in [3.8, 4) is 0 Å². The lowest BCUT2D eigenvalue weighted by molar-refractivity contribution is 0.342. The lowest BCUT2D eigenvalue weighted by Crippen LogP contribution is -2.32. The molecule has 0 amide bonds. The average molecular weight is 311 g/mol. The molecule has 1 unspecified atom stereocenters. The first-order valence-corrected chi connectivity index (χ1v) is 8.91. The molecule has 1 aromatic carbocycles. The average Bonchev–Trinajstić information content (AvgIpc) is 2.89. The lowest BCUT2D eigenvalue weighted by atomic mass is 10.1. The van der Waals surface area contributed by atoms with Crippen LogP contribution in [0.15, 0.2) is 17.0 Å². The third-order valence-corrected chi connectivity index (χ3v) is 5.98. The Balaban J connectivity index is 2.11. The van der Waals surface area contributed by atoms with Crippen molar-refractivity contribution >= 4 is 15.7 Å². The summed E-state index contributed by atoms with van der Waals surface area (Å²) in [5, 5.41) is 0. The van der Waals surface area contributed by atoms with Crippen molar-refractivity contribution in [2.24, 2.45) is 5.92 Å². The summed E-state index contributed by atoms with van der Waals surface area (Å²) >= 11 is 0. The lowest BCUT2D eigenvalue weighted by Gasteiger charge is -2.16. The van der Waals surface area contributed by atoms with Crippen LogP contribution >= 0.6 is 0 Å². The number of rotatable bonds is 5. The number of benzene rings is 1. The Bertz CT molecular complexity index is 614. The summed E-state index contributed by atoms with van der Waals surface area (Å²) in [4.78, 5) is 2.57. The molecule has 0 saturated carbocycles. The van der Waals surface area contributed by atoms with Gasteiger partial charge < -0.3 is 10.6 Å². The summed E-state index contributed by atoms with van der Waals surface area (Å²) in [5.41, 5.74) is 7.85. The summed E-state index contributed by atoms with van der Waals surface area (Å²) in [6.45, 7) is 9.33. The Labute approximate surface area is 127 Å². The molecular formula is C15H25N3O2S. The fourth-order valence-electron chi connectivity index (χ4n) is 2.83. The van der Waals surface area contributed by atoms with Gasteiger partial charge in [0.15, 0.2) is 0 Å². The van der Waals surface area contributed by atoms with Crippen molar-refractivity contribution < 1.29 is 8.42 Å². The SMILES string of the molecule is CCN1CCC(CNS(=O)(=O)c2c(N)ccc(C)c2C)C1. The van der Waals surface area contributed by atoms with Crippen molar-refractivity contribution in [3.63, 3.8) is 0 Å². The van der Waals surface area contributed by atoms with Crippen LogP contribution in [0.25, 0.3) is 0 Å². The van der Waals surface area contributed by atoms with E-state index < -0.39 is 10.0 Å². The number of hydrogen-bond donors (Lipinski definition) is 2. The monoisotopic (exact) mass is 311 g/mol. The molecule has 2 rings (SSSR count). The second kappa shape index (κ2) is 6.34. The summed E-state index contributed by atoms with van der Waals surface area (Å²) in [7, 11) is -3.55. The molecule has 118 valence electrons. The number of anilines is 1. The van der Waals surface area contributed by atoms with Gasteiger partial charge in [-0.25, -0.2) is 13.1 Å². The van der Waals surface area contributed by atoms with E-state index in [4.69, 9.17) is 5.73 Å². The molecule has 0 spiro atoms. The predicted octanol–water partition coefficient (Wildman–Crippen LogP) is 1.51. The smallest absolute Gasteiger partial charge is 0.242 e. The van der Waals surface area contributed by atoms with E-state index in [0.29, 0.717) is 18.2 Å². The summed E-state index contributed by atoms with van der Waals surface area (Å²) < 4.78 is 27.8. The fourth-order valence-corrected chi connectivity index (χ4v) is 4.38. The second-order valence-corrected chi connectivity index (χ2v) is 7.53. The van der Waals surface area contributed by atoms with Gasteiger partial charge in [0.05, 0.1) is 5.69 Å². The molecule has 1 aliphatic rings. The van der Waals surface area contributed by atoms with Gasteiger partial charge in [-0.2, -0.15) is 0 Å². The first kappa shape index (κ1) is 16.3. The molecule has 3 N–H and O–H groups in total. The number of nitrogens with one attached hydrogen (secondary N) is 1. The molecule has 21 heavy (non-hydrogen) atoms. The Morgan fingerprint density at radius 1 is 1.38 bits per heavy atom. The molecular weight excluding hydrogens is 286 g/mol. The molecule has 0 radical (unpaired) electrons. The van der Waals surface area contributed by atoms with Crippen LogP contribution in [0.3, 0.4) is 0 Å². The maximum Gasteiger partial charge on any atom is 0.242 e. The number of nitrogens with two attached hydrogens (primary N) is 1. The first-order chi connectivity index (χ1) is 9.85. The number of nitrogen functional groups attached to an aromatic ring is 1. The van der Waals surface area contributed by atoms with Gasteiger partial charge in [0.25, 0.3) is 0 Å². The third kappa shape index (κ3) is 3.56. The van der Waals surface area contributed by atoms with Crippen LogP contribution in [0, 0.1) is 19.8 Å². The highest BCUT2D eigenvalue weighted by atomic mass is 32.2. The summed E-state index contributed by atoms with van der Waals surface area (Å²) in [6.07, 6.45) is 1.04. The van der Waals surface area contributed by atoms with Crippen LogP contribution in [0.5, 0.6) is 0 Å². The van der Waals surface area contributed by atoms with Crippen molar-refractivity contribution in [2.75, 3.05) is 31.9 Å². The van der Waals surface area contributed by atoms with Gasteiger partial charge >= 0.3 is 0 Å². The number of nitrogens with zero attached hydrogens (tertiary/aromatic N) is 1. The zero-order valence-electron chi connectivity index (χ0n) is 13.0. The molecule has 1 saturated heterocycles. The van der Waals surface area contributed by atoms with Crippen molar-refractivity contribution in [1.82, 2.24) is 9.62 Å². The minimum Gasteiger partial charge on any atom is -0.398 e. The Hall–Kier alpha value is -1.11. The standard InChI is InChI=1S/C15H25N3O2S/c1-4-18-8-7-13(10-18)9-17-21(19,20)15-12(3)11(2)5-6-14(15)16/h5-6,13,17H,4,7-10,16H2,1-3H3. The van der Waals surface area contributed by atoms with Gasteiger partial charge in [-0.1, -0.05) is 13.0 Å². The van der Waals surface area contributed by atoms with Gasteiger partial charge in [-0.05, 0) is 56.5 Å². The highest BCUT2D eigenvalue weighted by Gasteiger charge is 2.25. The molecule has 1 fully saturated rings. The number of likely N-dealkylation sites (tertiary alicyclic amines) is 1. The van der Waals surface area contributed by atoms with Crippen molar-refractivity contribution in [2.45, 2.75) is 32.1 Å². The van der Waals surface area contributed by atoms with E-state index in [0.717, 1.165) is 37.2 Å². The normalized spacial score (nSPS) is 20.0. The number of sulfonamides is 1. The minimum atomic E-state index is -3.55. The molecule has 1 aromatic rings. The van der Waals surface area contributed by atoms with E-state index in [-0.39, 0.29) is 4.90 Å². The maximum atomic E-state index is 12.5. The van der Waals surface area contributed by atoms with E-state index in [9.17, 15) is 8.42 Å². The van der Waals surface area contributed by atoms with Crippen LogP contribution in [0.2, 0.25) is 0 Å². The Morgan fingerprint density at radius 3 is 2.71 bits per heavy atom. The number of hydrogen-bond acceptors (Lipinski definition) is 4. The molecule has 1 atom stereocenters. The van der Waals surface area contributed by atoms with Crippen LogP contribution in [-0.4, -0.2) is 39.5 Å². The molecule has 5 nitrogen and oxygen atoms in total. The highest BCUT2D eigenvalue weighted by Crippen LogP contribution is 2.25. The van der Waals surface area contributed by atoms with Gasteiger partial charge in [-0.3, -0.25) is 0 Å². The van der Waals surface area contributed by atoms with Gasteiger partial charge in [0, 0.05) is 13.1 Å². The van der Waals surface area contributed by atoms with Crippen LogP contribution in [0.1, 0.15) is 24.5 Å². The van der Waals surface area contributed by atoms with Crippen molar-refractivity contribution in [1.29, 1.82) is 0 Å². The van der Waals surface area contributed by atoms with Gasteiger partial charge in [0.2, 0.25) is 10.0 Å². The Morgan fingerprint density at radius 2 is 2.10 bits per heavy atom. The zero-order valence-corrected chi connectivity index (χ0v) is 13.8. The molecule has 1 heterocycles. The second-order valence-electron chi connectivity index (χ2n) is 5.83. The van der Waals surface area contributed by atoms with Gasteiger partial charge in [-0.15, -0.1) is 0 Å². The quantitative estimate of drug-likeness (QED) is 0.808. The zero-order chi connectivity index (χ0) is 15.6. The van der Waals surface area contributed by atoms with Crippen LogP contribution in [-0.2, 0) is 10.0 Å². The molecule has 6 heteroatoms. The first-order valence-electron chi connectivity index (χ1n) is 7.43. The fraction of sp³-hybridized carbons (Fsp3) is 0.600. The largest absolute Gasteiger partial charge is 0.398 e. The van der Waals surface area contributed by atoms with E-state index in [1.807, 2.05) is 13.0 Å². The summed E-state index contributed by atoms with van der Waals surface area (Å²) in [6, 6.07) is 3.51. The van der Waals surface area contributed by atoms with E-state index in [2.05, 4.69) is 16.5 Å². The van der Waals surface area contributed by atoms with Crippen LogP contribution < -0.4 is 10.5 Å². The molecule has 0 aromatic heterocycles. The van der Waals surface area contributed by atoms with Crippen molar-refractivity contribution in [3.05, 3.63) is 23.3 Å². The van der Waals surface area contributed by atoms with Crippen LogP contribution in [0.4, 0.5) is 5.69 Å². The van der Waals surface area contributed by atoms with E-state index in [1.165, 1.54) is 0 Å². The summed E-state index contributed by atoms with van der Waals surface area (Å²) in [5.74, 6) is 0.381. The predicted molar refractivity (Wildman–Crippen MR) is 85.7 cm³/mol. The topological polar surface area (TPSA) is 75.4 Å². The maximum absolute atomic E-state index is 12.5.